The number of H-pyrrole nitrogens is 1. The Labute approximate surface area is 162 Å². The lowest BCUT2D eigenvalue weighted by atomic mass is 10.1. The van der Waals surface area contributed by atoms with Gasteiger partial charge in [-0.2, -0.15) is 5.21 Å². The summed E-state index contributed by atoms with van der Waals surface area (Å²) in [5.74, 6) is 1.14. The summed E-state index contributed by atoms with van der Waals surface area (Å²) in [6, 6.07) is 11.1. The van der Waals surface area contributed by atoms with Crippen LogP contribution in [0, 0.1) is 0 Å². The Morgan fingerprint density at radius 1 is 1.14 bits per heavy atom. The summed E-state index contributed by atoms with van der Waals surface area (Å²) in [5, 5.41) is 17.0. The first-order valence-electron chi connectivity index (χ1n) is 9.21. The smallest absolute Gasteiger partial charge is 0.252 e. The highest BCUT2D eigenvalue weighted by Crippen LogP contribution is 2.21. The molecule has 1 saturated heterocycles. The first-order chi connectivity index (χ1) is 13.7. The summed E-state index contributed by atoms with van der Waals surface area (Å²) in [4.78, 5) is 22.0. The van der Waals surface area contributed by atoms with Crippen LogP contribution in [0.3, 0.4) is 0 Å². The topological polar surface area (TPSA) is 103 Å². The van der Waals surface area contributed by atoms with Gasteiger partial charge in [-0.15, -0.1) is 10.2 Å². The van der Waals surface area contributed by atoms with Crippen molar-refractivity contribution in [1.29, 1.82) is 0 Å². The van der Waals surface area contributed by atoms with E-state index >= 15 is 0 Å². The molecule has 0 aliphatic carbocycles. The number of carbonyl (C=O) groups is 1. The van der Waals surface area contributed by atoms with Gasteiger partial charge in [0, 0.05) is 50.0 Å². The summed E-state index contributed by atoms with van der Waals surface area (Å²) >= 11 is 0. The number of rotatable bonds is 5. The molecule has 0 saturated carbocycles. The van der Waals surface area contributed by atoms with E-state index in [1.165, 1.54) is 0 Å². The van der Waals surface area contributed by atoms with Gasteiger partial charge in [0.15, 0.2) is 0 Å². The number of tetrazole rings is 1. The Morgan fingerprint density at radius 2 is 1.96 bits per heavy atom. The number of hydrogen-bond donors (Lipinski definition) is 2. The molecule has 1 fully saturated rings. The zero-order valence-corrected chi connectivity index (χ0v) is 15.7. The second kappa shape index (κ2) is 8.13. The van der Waals surface area contributed by atoms with Gasteiger partial charge in [0.2, 0.25) is 5.82 Å². The predicted molar refractivity (Wildman–Crippen MR) is 105 cm³/mol. The van der Waals surface area contributed by atoms with Crippen LogP contribution in [0.25, 0.3) is 11.4 Å². The van der Waals surface area contributed by atoms with Gasteiger partial charge in [-0.05, 0) is 24.4 Å². The van der Waals surface area contributed by atoms with Crippen LogP contribution in [0.1, 0.15) is 15.9 Å². The molecule has 1 amide bonds. The molecule has 1 aliphatic heterocycles. The number of nitrogens with zero attached hydrogens (tertiary/aromatic N) is 6. The van der Waals surface area contributed by atoms with Crippen molar-refractivity contribution in [3.05, 3.63) is 53.7 Å². The monoisotopic (exact) mass is 378 g/mol. The molecule has 2 N–H and O–H groups in total. The minimum absolute atomic E-state index is 0.186. The normalized spacial score (nSPS) is 14.8. The van der Waals surface area contributed by atoms with Gasteiger partial charge in [-0.1, -0.05) is 24.3 Å². The lowest BCUT2D eigenvalue weighted by Crippen LogP contribution is -2.45. The van der Waals surface area contributed by atoms with Crippen molar-refractivity contribution in [2.75, 3.05) is 38.1 Å². The second-order valence-electron chi connectivity index (χ2n) is 6.74. The summed E-state index contributed by atoms with van der Waals surface area (Å²) in [5.41, 5.74) is 2.14. The first kappa shape index (κ1) is 18.1. The van der Waals surface area contributed by atoms with Crippen LogP contribution in [0.4, 0.5) is 5.82 Å². The van der Waals surface area contributed by atoms with Crippen molar-refractivity contribution in [3.8, 4) is 11.4 Å². The second-order valence-corrected chi connectivity index (χ2v) is 6.74. The molecular weight excluding hydrogens is 356 g/mol. The fourth-order valence-electron chi connectivity index (χ4n) is 3.29. The average molecular weight is 378 g/mol. The molecule has 9 nitrogen and oxygen atoms in total. The maximum Gasteiger partial charge on any atom is 0.252 e. The minimum Gasteiger partial charge on any atom is -0.354 e. The summed E-state index contributed by atoms with van der Waals surface area (Å²) in [7, 11) is 2.12. The molecular formula is C19H22N8O. The van der Waals surface area contributed by atoms with Crippen molar-refractivity contribution in [3.63, 3.8) is 0 Å². The largest absolute Gasteiger partial charge is 0.354 e. The lowest BCUT2D eigenvalue weighted by Gasteiger charge is -2.34. The maximum atomic E-state index is 12.8. The van der Waals surface area contributed by atoms with E-state index in [-0.39, 0.29) is 5.91 Å². The van der Waals surface area contributed by atoms with Crippen LogP contribution in [0.2, 0.25) is 0 Å². The highest BCUT2D eigenvalue weighted by Gasteiger charge is 2.19. The number of anilines is 1. The SMILES string of the molecule is CN1CCN(c2ncccc2CNC(=O)c2ccccc2-c2nn[nH]n2)CC1. The molecule has 144 valence electrons. The number of hydrogen-bond acceptors (Lipinski definition) is 7. The fourth-order valence-corrected chi connectivity index (χ4v) is 3.29. The third-order valence-electron chi connectivity index (χ3n) is 4.87. The number of carbonyl (C=O) groups excluding carboxylic acids is 1. The number of piperazine rings is 1. The average Bonchev–Trinajstić information content (AvgIpc) is 3.28. The Hall–Kier alpha value is -3.33. The molecule has 4 rings (SSSR count). The van der Waals surface area contributed by atoms with Crippen LogP contribution < -0.4 is 10.2 Å². The van der Waals surface area contributed by atoms with Crippen molar-refractivity contribution in [2.24, 2.45) is 0 Å². The number of nitrogens with one attached hydrogen (secondary N) is 2. The molecule has 0 atom stereocenters. The van der Waals surface area contributed by atoms with E-state index in [9.17, 15) is 4.79 Å². The molecule has 0 radical (unpaired) electrons. The molecule has 0 spiro atoms. The van der Waals surface area contributed by atoms with Crippen LogP contribution in [-0.2, 0) is 6.54 Å². The van der Waals surface area contributed by atoms with Crippen molar-refractivity contribution < 1.29 is 4.79 Å². The van der Waals surface area contributed by atoms with E-state index in [4.69, 9.17) is 0 Å². The highest BCUT2D eigenvalue weighted by molar-refractivity contribution is 6.00. The van der Waals surface area contributed by atoms with E-state index in [0.29, 0.717) is 23.5 Å². The number of likely N-dealkylation sites (N-methyl/N-ethyl adjacent to an activating group) is 1. The van der Waals surface area contributed by atoms with Crippen molar-refractivity contribution >= 4 is 11.7 Å². The third-order valence-corrected chi connectivity index (χ3v) is 4.87. The number of benzene rings is 1. The van der Waals surface area contributed by atoms with Crippen LogP contribution in [0.15, 0.2) is 42.6 Å². The Bertz CT molecular complexity index is 935. The van der Waals surface area contributed by atoms with Crippen LogP contribution in [-0.4, -0.2) is 69.6 Å². The quantitative estimate of drug-likeness (QED) is 0.681. The zero-order chi connectivity index (χ0) is 19.3. The molecule has 1 aliphatic rings. The van der Waals surface area contributed by atoms with E-state index in [2.05, 4.69) is 47.8 Å². The Kier molecular flexibility index (Phi) is 5.24. The van der Waals surface area contributed by atoms with Gasteiger partial charge in [0.05, 0.1) is 5.56 Å². The first-order valence-corrected chi connectivity index (χ1v) is 9.21. The zero-order valence-electron chi connectivity index (χ0n) is 15.7. The molecule has 9 heteroatoms. The fraction of sp³-hybridized carbons (Fsp3) is 0.316. The van der Waals surface area contributed by atoms with Gasteiger partial charge in [0.25, 0.3) is 5.91 Å². The number of aromatic amines is 1. The van der Waals surface area contributed by atoms with E-state index in [1.807, 2.05) is 24.3 Å². The van der Waals surface area contributed by atoms with Gasteiger partial charge >= 0.3 is 0 Å². The van der Waals surface area contributed by atoms with Crippen molar-refractivity contribution in [1.82, 2.24) is 35.8 Å². The molecule has 2 aromatic heterocycles. The number of pyridine rings is 1. The third kappa shape index (κ3) is 3.84. The predicted octanol–water partition coefficient (Wildman–Crippen LogP) is 0.943. The minimum atomic E-state index is -0.186. The van der Waals surface area contributed by atoms with Gasteiger partial charge < -0.3 is 15.1 Å². The molecule has 0 bridgehead atoms. The summed E-state index contributed by atoms with van der Waals surface area (Å²) in [6.07, 6.45) is 1.80. The molecule has 28 heavy (non-hydrogen) atoms. The van der Waals surface area contributed by atoms with Crippen LogP contribution >= 0.6 is 0 Å². The molecule has 1 aromatic carbocycles. The molecule has 3 heterocycles. The molecule has 3 aromatic rings. The number of amides is 1. The van der Waals surface area contributed by atoms with E-state index in [1.54, 1.807) is 18.3 Å². The van der Waals surface area contributed by atoms with Crippen molar-refractivity contribution in [2.45, 2.75) is 6.54 Å². The number of aromatic nitrogens is 5. The lowest BCUT2D eigenvalue weighted by molar-refractivity contribution is 0.0951. The van der Waals surface area contributed by atoms with E-state index < -0.39 is 0 Å². The van der Waals surface area contributed by atoms with Gasteiger partial charge in [-0.3, -0.25) is 4.79 Å². The molecule has 0 unspecified atom stereocenters. The Balaban J connectivity index is 1.50. The summed E-state index contributed by atoms with van der Waals surface area (Å²) in [6.45, 7) is 4.25. The highest BCUT2D eigenvalue weighted by atomic mass is 16.1. The summed E-state index contributed by atoms with van der Waals surface area (Å²) < 4.78 is 0. The van der Waals surface area contributed by atoms with Crippen LogP contribution in [0.5, 0.6) is 0 Å². The maximum absolute atomic E-state index is 12.8. The van der Waals surface area contributed by atoms with E-state index in [0.717, 1.165) is 37.6 Å². The standard InChI is InChI=1S/C19H22N8O/c1-26-9-11-27(12-10-26)18-14(5-4-8-20-18)13-21-19(28)16-7-3-2-6-15(16)17-22-24-25-23-17/h2-8H,9-13H2,1H3,(H,21,28)(H,22,23,24,25). The Morgan fingerprint density at radius 3 is 2.75 bits per heavy atom. The van der Waals surface area contributed by atoms with Gasteiger partial charge in [-0.25, -0.2) is 4.98 Å². The van der Waals surface area contributed by atoms with Gasteiger partial charge in [0.1, 0.15) is 5.82 Å².